The van der Waals surface area contributed by atoms with Gasteiger partial charge in [0.1, 0.15) is 11.8 Å². The van der Waals surface area contributed by atoms with Crippen LogP contribution in [0.1, 0.15) is 12.5 Å². The minimum atomic E-state index is -0.992. The van der Waals surface area contributed by atoms with Crippen LogP contribution in [0.15, 0.2) is 29.2 Å². The summed E-state index contributed by atoms with van der Waals surface area (Å²) in [5.41, 5.74) is 0.679. The fourth-order valence-corrected chi connectivity index (χ4v) is 3.86. The van der Waals surface area contributed by atoms with Crippen molar-refractivity contribution < 1.29 is 33.4 Å². The Morgan fingerprint density at radius 1 is 1.20 bits per heavy atom. The second kappa shape index (κ2) is 9.77. The number of thioether (sulfide) groups is 1. The lowest BCUT2D eigenvalue weighted by molar-refractivity contribution is -0.148. The van der Waals surface area contributed by atoms with Crippen molar-refractivity contribution in [2.75, 3.05) is 40.0 Å². The fourth-order valence-electron chi connectivity index (χ4n) is 2.95. The Labute approximate surface area is 177 Å². The normalized spacial score (nSPS) is 19.2. The molecule has 2 saturated heterocycles. The molecule has 2 aliphatic heterocycles. The van der Waals surface area contributed by atoms with Crippen LogP contribution < -0.4 is 4.74 Å². The number of ether oxygens (including phenoxy) is 3. The maximum atomic E-state index is 12.5. The standard InChI is InChI=1S/C20H22N2O7S/c1-13(19(25)27-2)22-18(24)16(30-20(22)26)11-14-3-5-15(6-4-14)29-12-17(23)21-7-9-28-10-8-21/h3-6,11,13H,7-10,12H2,1-2H3/b16-11+/t13-/m1/s1. The van der Waals surface area contributed by atoms with Crippen LogP contribution in [-0.2, 0) is 23.9 Å². The highest BCUT2D eigenvalue weighted by Crippen LogP contribution is 2.34. The molecule has 0 radical (unpaired) electrons. The molecule has 2 heterocycles. The van der Waals surface area contributed by atoms with Gasteiger partial charge in [0.25, 0.3) is 17.1 Å². The zero-order valence-electron chi connectivity index (χ0n) is 16.7. The summed E-state index contributed by atoms with van der Waals surface area (Å²) in [7, 11) is 1.20. The third-order valence-electron chi connectivity index (χ3n) is 4.66. The van der Waals surface area contributed by atoms with E-state index in [1.165, 1.54) is 14.0 Å². The number of rotatable bonds is 6. The highest BCUT2D eigenvalue weighted by molar-refractivity contribution is 8.18. The summed E-state index contributed by atoms with van der Waals surface area (Å²) in [6, 6.07) is 5.80. The SMILES string of the molecule is COC(=O)[C@@H](C)N1C(=O)S/C(=C/c2ccc(OCC(=O)N3CCOCC3)cc2)C1=O. The van der Waals surface area contributed by atoms with Crippen molar-refractivity contribution in [2.24, 2.45) is 0 Å². The van der Waals surface area contributed by atoms with Gasteiger partial charge in [0.05, 0.1) is 25.2 Å². The summed E-state index contributed by atoms with van der Waals surface area (Å²) < 4.78 is 15.4. The van der Waals surface area contributed by atoms with Crippen LogP contribution in [0.5, 0.6) is 5.75 Å². The molecule has 30 heavy (non-hydrogen) atoms. The molecule has 1 aromatic rings. The molecular weight excluding hydrogens is 412 g/mol. The van der Waals surface area contributed by atoms with Gasteiger partial charge in [-0.25, -0.2) is 4.79 Å². The van der Waals surface area contributed by atoms with Crippen LogP contribution >= 0.6 is 11.8 Å². The predicted molar refractivity (Wildman–Crippen MR) is 109 cm³/mol. The van der Waals surface area contributed by atoms with Crippen molar-refractivity contribution in [3.8, 4) is 5.75 Å². The maximum Gasteiger partial charge on any atom is 0.328 e. The number of methoxy groups -OCH3 is 1. The molecule has 9 nitrogen and oxygen atoms in total. The van der Waals surface area contributed by atoms with Crippen molar-refractivity contribution in [3.05, 3.63) is 34.7 Å². The van der Waals surface area contributed by atoms with E-state index in [4.69, 9.17) is 9.47 Å². The van der Waals surface area contributed by atoms with Gasteiger partial charge in [0.2, 0.25) is 0 Å². The van der Waals surface area contributed by atoms with Crippen LogP contribution in [0.4, 0.5) is 4.79 Å². The van der Waals surface area contributed by atoms with Gasteiger partial charge in [0.15, 0.2) is 6.61 Å². The number of hydrogen-bond acceptors (Lipinski definition) is 8. The van der Waals surface area contributed by atoms with Crippen LogP contribution in [-0.4, -0.2) is 78.9 Å². The molecule has 0 unspecified atom stereocenters. The molecule has 160 valence electrons. The van der Waals surface area contributed by atoms with Crippen LogP contribution in [0.25, 0.3) is 6.08 Å². The van der Waals surface area contributed by atoms with Gasteiger partial charge in [-0.3, -0.25) is 19.3 Å². The number of benzene rings is 1. The Bertz CT molecular complexity index is 862. The molecule has 2 aliphatic rings. The van der Waals surface area contributed by atoms with E-state index in [-0.39, 0.29) is 17.4 Å². The average Bonchev–Trinajstić information content (AvgIpc) is 3.05. The van der Waals surface area contributed by atoms with Gasteiger partial charge >= 0.3 is 5.97 Å². The van der Waals surface area contributed by atoms with Crippen molar-refractivity contribution in [1.82, 2.24) is 9.80 Å². The zero-order valence-corrected chi connectivity index (χ0v) is 17.5. The molecule has 10 heteroatoms. The first-order valence-electron chi connectivity index (χ1n) is 9.34. The van der Waals surface area contributed by atoms with E-state index in [1.54, 1.807) is 35.2 Å². The highest BCUT2D eigenvalue weighted by Gasteiger charge is 2.41. The first-order valence-corrected chi connectivity index (χ1v) is 10.2. The second-order valence-electron chi connectivity index (χ2n) is 6.60. The zero-order chi connectivity index (χ0) is 21.7. The quantitative estimate of drug-likeness (QED) is 0.491. The number of carbonyl (C=O) groups excluding carboxylic acids is 4. The van der Waals surface area contributed by atoms with Crippen LogP contribution in [0.2, 0.25) is 0 Å². The van der Waals surface area contributed by atoms with E-state index in [9.17, 15) is 19.2 Å². The lowest BCUT2D eigenvalue weighted by Crippen LogP contribution is -2.42. The summed E-state index contributed by atoms with van der Waals surface area (Å²) in [4.78, 5) is 51.2. The Morgan fingerprint density at radius 3 is 2.50 bits per heavy atom. The van der Waals surface area contributed by atoms with E-state index >= 15 is 0 Å². The van der Waals surface area contributed by atoms with Crippen molar-refractivity contribution >= 4 is 40.9 Å². The average molecular weight is 434 g/mol. The second-order valence-corrected chi connectivity index (χ2v) is 7.59. The molecule has 0 aromatic heterocycles. The lowest BCUT2D eigenvalue weighted by atomic mass is 10.2. The molecule has 0 spiro atoms. The number of carbonyl (C=O) groups is 4. The maximum absolute atomic E-state index is 12.5. The minimum absolute atomic E-state index is 0.0658. The number of esters is 1. The number of hydrogen-bond donors (Lipinski definition) is 0. The van der Waals surface area contributed by atoms with Gasteiger partial charge in [0, 0.05) is 13.1 Å². The lowest BCUT2D eigenvalue weighted by Gasteiger charge is -2.26. The summed E-state index contributed by atoms with van der Waals surface area (Å²) in [6.07, 6.45) is 1.57. The van der Waals surface area contributed by atoms with Gasteiger partial charge in [-0.15, -0.1) is 0 Å². The van der Waals surface area contributed by atoms with Gasteiger partial charge in [-0.2, -0.15) is 0 Å². The largest absolute Gasteiger partial charge is 0.484 e. The van der Waals surface area contributed by atoms with Crippen LogP contribution in [0.3, 0.4) is 0 Å². The number of imide groups is 1. The Hall–Kier alpha value is -2.85. The summed E-state index contributed by atoms with van der Waals surface area (Å²) in [5.74, 6) is -0.789. The van der Waals surface area contributed by atoms with Crippen LogP contribution in [0, 0.1) is 0 Å². The molecule has 0 N–H and O–H groups in total. The molecule has 1 atom stereocenters. The van der Waals surface area contributed by atoms with Gasteiger partial charge < -0.3 is 19.1 Å². The smallest absolute Gasteiger partial charge is 0.328 e. The molecule has 0 aliphatic carbocycles. The summed E-state index contributed by atoms with van der Waals surface area (Å²) in [5, 5.41) is -0.522. The topological polar surface area (TPSA) is 102 Å². The van der Waals surface area contributed by atoms with E-state index in [1.807, 2.05) is 0 Å². The Kier molecular flexibility index (Phi) is 7.11. The molecule has 0 bridgehead atoms. The first-order chi connectivity index (χ1) is 14.4. The third-order valence-corrected chi connectivity index (χ3v) is 5.54. The van der Waals surface area contributed by atoms with E-state index in [0.717, 1.165) is 16.7 Å². The monoisotopic (exact) mass is 434 g/mol. The minimum Gasteiger partial charge on any atom is -0.484 e. The van der Waals surface area contributed by atoms with E-state index in [0.29, 0.717) is 37.6 Å². The van der Waals surface area contributed by atoms with Gasteiger partial charge in [-0.05, 0) is 42.5 Å². The number of morpholine rings is 1. The molecular formula is C20H22N2O7S. The summed E-state index contributed by atoms with van der Waals surface area (Å²) >= 11 is 0.766. The molecule has 2 fully saturated rings. The van der Waals surface area contributed by atoms with Crippen molar-refractivity contribution in [1.29, 1.82) is 0 Å². The third kappa shape index (κ3) is 5.00. The van der Waals surface area contributed by atoms with Crippen molar-refractivity contribution in [2.45, 2.75) is 13.0 Å². The van der Waals surface area contributed by atoms with E-state index < -0.39 is 23.2 Å². The molecule has 0 saturated carbocycles. The Balaban J connectivity index is 1.60. The molecule has 1 aromatic carbocycles. The van der Waals surface area contributed by atoms with Crippen molar-refractivity contribution in [3.63, 3.8) is 0 Å². The first kappa shape index (κ1) is 21.8. The molecule has 3 rings (SSSR count). The Morgan fingerprint density at radius 2 is 1.87 bits per heavy atom. The predicted octanol–water partition coefficient (Wildman–Crippen LogP) is 1.52. The number of amides is 3. The summed E-state index contributed by atoms with van der Waals surface area (Å²) in [6.45, 7) is 3.56. The number of nitrogens with zero attached hydrogens (tertiary/aromatic N) is 2. The highest BCUT2D eigenvalue weighted by atomic mass is 32.2. The van der Waals surface area contributed by atoms with Gasteiger partial charge in [-0.1, -0.05) is 12.1 Å². The molecule has 3 amide bonds. The fraction of sp³-hybridized carbons (Fsp3) is 0.400. The van der Waals surface area contributed by atoms with E-state index in [2.05, 4.69) is 4.74 Å².